The maximum Gasteiger partial charge on any atom is 0.226 e. The zero-order chi connectivity index (χ0) is 11.1. The number of anilines is 2. The zero-order valence-electron chi connectivity index (χ0n) is 8.87. The minimum atomic E-state index is -0.349. The molecule has 1 aromatic rings. The first-order valence-electron chi connectivity index (χ1n) is 5.61. The Morgan fingerprint density at radius 2 is 2.31 bits per heavy atom. The number of rotatable bonds is 0. The van der Waals surface area contributed by atoms with Crippen LogP contribution in [0.2, 0.25) is 0 Å². The standard InChI is InChI=1S/C12H13FN2O/c13-9-4-1-5-10-12(9)14-11(16)7-8-3-2-6-15(8)10/h1,4-5,8H,2-3,6-7H2,(H,14,16). The molecule has 0 aliphatic carbocycles. The number of hydrogen-bond acceptors (Lipinski definition) is 2. The Labute approximate surface area is 93.2 Å². The van der Waals surface area contributed by atoms with Gasteiger partial charge in [0.05, 0.1) is 5.69 Å². The van der Waals surface area contributed by atoms with Gasteiger partial charge in [0.25, 0.3) is 0 Å². The van der Waals surface area contributed by atoms with Crippen molar-refractivity contribution in [3.8, 4) is 0 Å². The molecule has 2 heterocycles. The summed E-state index contributed by atoms with van der Waals surface area (Å²) in [5.41, 5.74) is 1.17. The predicted molar refractivity (Wildman–Crippen MR) is 60.0 cm³/mol. The van der Waals surface area contributed by atoms with Gasteiger partial charge in [0.2, 0.25) is 5.91 Å². The molecule has 1 aromatic carbocycles. The second-order valence-electron chi connectivity index (χ2n) is 4.38. The molecule has 84 valence electrons. The molecule has 0 radical (unpaired) electrons. The van der Waals surface area contributed by atoms with Crippen LogP contribution in [0.1, 0.15) is 19.3 Å². The van der Waals surface area contributed by atoms with Gasteiger partial charge in [-0.1, -0.05) is 6.07 Å². The van der Waals surface area contributed by atoms with Gasteiger partial charge in [0, 0.05) is 19.0 Å². The van der Waals surface area contributed by atoms with Crippen molar-refractivity contribution in [1.29, 1.82) is 0 Å². The van der Waals surface area contributed by atoms with Crippen LogP contribution in [0.15, 0.2) is 18.2 Å². The molecule has 1 N–H and O–H groups in total. The average Bonchev–Trinajstić information content (AvgIpc) is 2.64. The van der Waals surface area contributed by atoms with Crippen LogP contribution in [0.5, 0.6) is 0 Å². The van der Waals surface area contributed by atoms with E-state index in [0.717, 1.165) is 25.1 Å². The number of benzene rings is 1. The van der Waals surface area contributed by atoms with E-state index in [1.165, 1.54) is 6.07 Å². The molecule has 4 heteroatoms. The molecule has 0 saturated carbocycles. The van der Waals surface area contributed by atoms with E-state index in [4.69, 9.17) is 0 Å². The summed E-state index contributed by atoms with van der Waals surface area (Å²) in [5, 5.41) is 2.66. The Hall–Kier alpha value is -1.58. The van der Waals surface area contributed by atoms with Gasteiger partial charge in [-0.15, -0.1) is 0 Å². The molecule has 3 nitrogen and oxygen atoms in total. The first-order valence-corrected chi connectivity index (χ1v) is 5.61. The molecule has 2 aliphatic rings. The van der Waals surface area contributed by atoms with Crippen LogP contribution in [-0.2, 0) is 4.79 Å². The summed E-state index contributed by atoms with van der Waals surface area (Å²) in [4.78, 5) is 13.8. The van der Waals surface area contributed by atoms with E-state index >= 15 is 0 Å². The molecule has 3 rings (SSSR count). The normalized spacial score (nSPS) is 23.4. The van der Waals surface area contributed by atoms with Crippen molar-refractivity contribution in [2.24, 2.45) is 0 Å². The third-order valence-corrected chi connectivity index (χ3v) is 3.36. The minimum absolute atomic E-state index is 0.0826. The number of nitrogens with one attached hydrogen (secondary N) is 1. The minimum Gasteiger partial charge on any atom is -0.366 e. The van der Waals surface area contributed by atoms with Crippen LogP contribution in [0, 0.1) is 5.82 Å². The maximum absolute atomic E-state index is 13.6. The van der Waals surface area contributed by atoms with E-state index in [1.807, 2.05) is 6.07 Å². The van der Waals surface area contributed by atoms with E-state index in [0.29, 0.717) is 12.1 Å². The molecule has 1 fully saturated rings. The summed E-state index contributed by atoms with van der Waals surface area (Å²) < 4.78 is 13.6. The van der Waals surface area contributed by atoms with Gasteiger partial charge in [0.15, 0.2) is 0 Å². The third-order valence-electron chi connectivity index (χ3n) is 3.36. The third kappa shape index (κ3) is 1.37. The highest BCUT2D eigenvalue weighted by Gasteiger charge is 2.32. The Morgan fingerprint density at radius 1 is 1.44 bits per heavy atom. The number of para-hydroxylation sites is 1. The fraction of sp³-hybridized carbons (Fsp3) is 0.417. The van der Waals surface area contributed by atoms with Crippen molar-refractivity contribution in [3.05, 3.63) is 24.0 Å². The second kappa shape index (κ2) is 3.47. The lowest BCUT2D eigenvalue weighted by Gasteiger charge is -2.24. The molecule has 1 saturated heterocycles. The zero-order valence-corrected chi connectivity index (χ0v) is 8.87. The van der Waals surface area contributed by atoms with Gasteiger partial charge < -0.3 is 10.2 Å². The number of hydrogen-bond donors (Lipinski definition) is 1. The molecule has 2 aliphatic heterocycles. The molecule has 1 amide bonds. The van der Waals surface area contributed by atoms with Crippen LogP contribution in [0.25, 0.3) is 0 Å². The Morgan fingerprint density at radius 3 is 3.19 bits per heavy atom. The van der Waals surface area contributed by atoms with E-state index in [-0.39, 0.29) is 17.8 Å². The number of carbonyl (C=O) groups excluding carboxylic acids is 1. The van der Waals surface area contributed by atoms with Crippen molar-refractivity contribution in [1.82, 2.24) is 0 Å². The summed E-state index contributed by atoms with van der Waals surface area (Å²) in [5.74, 6) is -0.431. The quantitative estimate of drug-likeness (QED) is 0.726. The Balaban J connectivity index is 2.13. The highest BCUT2D eigenvalue weighted by Crippen LogP contribution is 2.37. The number of fused-ring (bicyclic) bond motifs is 3. The summed E-state index contributed by atoms with van der Waals surface area (Å²) >= 11 is 0. The van der Waals surface area contributed by atoms with Gasteiger partial charge in [-0.2, -0.15) is 0 Å². The van der Waals surface area contributed by atoms with Crippen molar-refractivity contribution in [2.45, 2.75) is 25.3 Å². The summed E-state index contributed by atoms with van der Waals surface area (Å²) in [6.07, 6.45) is 2.56. The number of nitrogens with zero attached hydrogens (tertiary/aromatic N) is 1. The highest BCUT2D eigenvalue weighted by molar-refractivity contribution is 5.97. The van der Waals surface area contributed by atoms with Gasteiger partial charge in [-0.3, -0.25) is 4.79 Å². The van der Waals surface area contributed by atoms with Gasteiger partial charge in [0.1, 0.15) is 11.5 Å². The van der Waals surface area contributed by atoms with Crippen molar-refractivity contribution in [3.63, 3.8) is 0 Å². The topological polar surface area (TPSA) is 32.3 Å². The molecule has 16 heavy (non-hydrogen) atoms. The highest BCUT2D eigenvalue weighted by atomic mass is 19.1. The van der Waals surface area contributed by atoms with Crippen LogP contribution >= 0.6 is 0 Å². The predicted octanol–water partition coefficient (Wildman–Crippen LogP) is 2.14. The van der Waals surface area contributed by atoms with Crippen molar-refractivity contribution < 1.29 is 9.18 Å². The fourth-order valence-corrected chi connectivity index (χ4v) is 2.65. The Bertz CT molecular complexity index is 447. The number of carbonyl (C=O) groups is 1. The molecule has 0 bridgehead atoms. The smallest absolute Gasteiger partial charge is 0.226 e. The lowest BCUT2D eigenvalue weighted by molar-refractivity contribution is -0.116. The van der Waals surface area contributed by atoms with Crippen molar-refractivity contribution >= 4 is 17.3 Å². The van der Waals surface area contributed by atoms with Crippen LogP contribution in [-0.4, -0.2) is 18.5 Å². The summed E-state index contributed by atoms with van der Waals surface area (Å²) in [6, 6.07) is 5.20. The van der Waals surface area contributed by atoms with Crippen LogP contribution in [0.3, 0.4) is 0 Å². The number of halogens is 1. The van der Waals surface area contributed by atoms with E-state index in [2.05, 4.69) is 10.2 Å². The summed E-state index contributed by atoms with van der Waals surface area (Å²) in [7, 11) is 0. The molecule has 1 atom stereocenters. The van der Waals surface area contributed by atoms with Crippen molar-refractivity contribution in [2.75, 3.05) is 16.8 Å². The van der Waals surface area contributed by atoms with Gasteiger partial charge >= 0.3 is 0 Å². The number of amides is 1. The van der Waals surface area contributed by atoms with E-state index in [9.17, 15) is 9.18 Å². The second-order valence-corrected chi connectivity index (χ2v) is 4.38. The molecule has 0 spiro atoms. The van der Waals surface area contributed by atoms with E-state index in [1.54, 1.807) is 6.07 Å². The lowest BCUT2D eigenvalue weighted by Crippen LogP contribution is -2.29. The summed E-state index contributed by atoms with van der Waals surface area (Å²) in [6.45, 7) is 0.913. The van der Waals surface area contributed by atoms with Gasteiger partial charge in [-0.25, -0.2) is 4.39 Å². The molecule has 1 unspecified atom stereocenters. The first-order chi connectivity index (χ1) is 7.75. The SMILES string of the molecule is O=C1CC2CCCN2c2cccc(F)c2N1. The molecule has 0 aromatic heterocycles. The lowest BCUT2D eigenvalue weighted by atomic mass is 10.1. The van der Waals surface area contributed by atoms with Crippen LogP contribution < -0.4 is 10.2 Å². The van der Waals surface area contributed by atoms with Crippen LogP contribution in [0.4, 0.5) is 15.8 Å². The molecular formula is C12H13FN2O. The average molecular weight is 220 g/mol. The monoisotopic (exact) mass is 220 g/mol. The fourth-order valence-electron chi connectivity index (χ4n) is 2.65. The van der Waals surface area contributed by atoms with Gasteiger partial charge in [-0.05, 0) is 25.0 Å². The molecular weight excluding hydrogens is 207 g/mol. The maximum atomic E-state index is 13.6. The largest absolute Gasteiger partial charge is 0.366 e. The van der Waals surface area contributed by atoms with E-state index < -0.39 is 0 Å². The first kappa shape index (κ1) is 9.63. The Kier molecular flexibility index (Phi) is 2.09.